The average molecular weight is 455 g/mol. The van der Waals surface area contributed by atoms with Crippen molar-refractivity contribution in [3.63, 3.8) is 0 Å². The topological polar surface area (TPSA) is 98.5 Å². The van der Waals surface area contributed by atoms with Gasteiger partial charge in [0.15, 0.2) is 0 Å². The molecule has 0 amide bonds. The van der Waals surface area contributed by atoms with Crippen molar-refractivity contribution >= 4 is 11.3 Å². The van der Waals surface area contributed by atoms with Gasteiger partial charge in [0.25, 0.3) is 0 Å². The number of anilines is 1. The molecule has 1 fully saturated rings. The van der Waals surface area contributed by atoms with Gasteiger partial charge < -0.3 is 14.9 Å². The van der Waals surface area contributed by atoms with Crippen LogP contribution in [0.25, 0.3) is 27.8 Å². The van der Waals surface area contributed by atoms with Gasteiger partial charge in [0.2, 0.25) is 0 Å². The zero-order chi connectivity index (χ0) is 23.8. The zero-order valence-corrected chi connectivity index (χ0v) is 19.3. The zero-order valence-electron chi connectivity index (χ0n) is 19.3. The summed E-state index contributed by atoms with van der Waals surface area (Å²) in [5.74, 6) is 0.902. The minimum absolute atomic E-state index is 0.520. The quantitative estimate of drug-likeness (QED) is 0.495. The highest BCUT2D eigenvalue weighted by atomic mass is 16.3. The lowest BCUT2D eigenvalue weighted by Gasteiger charge is -2.38. The summed E-state index contributed by atoms with van der Waals surface area (Å²) in [6.07, 6.45) is 8.59. The molecule has 1 aliphatic rings. The SMILES string of the molecule is C=C([C@H](C)O)N1CCN(c2ccc(-c3cc(-c4cnn(C)c4)cn4ncc(C#N)c34)cn2)CC1. The van der Waals surface area contributed by atoms with Gasteiger partial charge in [0.05, 0.1) is 29.6 Å². The van der Waals surface area contributed by atoms with Crippen LogP contribution in [0.15, 0.2) is 61.5 Å². The fourth-order valence-electron chi connectivity index (χ4n) is 4.37. The van der Waals surface area contributed by atoms with Crippen LogP contribution < -0.4 is 4.90 Å². The van der Waals surface area contributed by atoms with Crippen molar-refractivity contribution in [2.75, 3.05) is 31.1 Å². The smallest absolute Gasteiger partial charge is 0.128 e. The van der Waals surface area contributed by atoms with Gasteiger partial charge in [-0.1, -0.05) is 6.58 Å². The van der Waals surface area contributed by atoms with Crippen LogP contribution in [0.4, 0.5) is 5.82 Å². The number of nitrogens with zero attached hydrogens (tertiary/aromatic N) is 8. The second kappa shape index (κ2) is 8.65. The Morgan fingerprint density at radius 3 is 2.47 bits per heavy atom. The van der Waals surface area contributed by atoms with Crippen molar-refractivity contribution in [2.45, 2.75) is 13.0 Å². The monoisotopic (exact) mass is 454 g/mol. The molecule has 5 heterocycles. The molecule has 0 aliphatic carbocycles. The summed E-state index contributed by atoms with van der Waals surface area (Å²) >= 11 is 0. The number of piperazine rings is 1. The molecule has 4 aromatic heterocycles. The van der Waals surface area contributed by atoms with Crippen LogP contribution >= 0.6 is 0 Å². The van der Waals surface area contributed by atoms with Crippen LogP contribution in [0, 0.1) is 11.3 Å². The lowest BCUT2D eigenvalue weighted by molar-refractivity contribution is 0.174. The number of aryl methyl sites for hydroxylation is 1. The maximum Gasteiger partial charge on any atom is 0.128 e. The molecular weight excluding hydrogens is 428 g/mol. The Hall–Kier alpha value is -4.16. The second-order valence-electron chi connectivity index (χ2n) is 8.55. The highest BCUT2D eigenvalue weighted by Gasteiger charge is 2.21. The van der Waals surface area contributed by atoms with Crippen molar-refractivity contribution in [1.29, 1.82) is 5.26 Å². The van der Waals surface area contributed by atoms with Crippen LogP contribution in [-0.4, -0.2) is 66.7 Å². The van der Waals surface area contributed by atoms with Crippen LogP contribution in [-0.2, 0) is 7.05 Å². The minimum atomic E-state index is -0.537. The van der Waals surface area contributed by atoms with Crippen molar-refractivity contribution in [3.8, 4) is 28.3 Å². The van der Waals surface area contributed by atoms with Gasteiger partial charge in [-0.25, -0.2) is 9.50 Å². The number of hydrogen-bond donors (Lipinski definition) is 1. The fourth-order valence-corrected chi connectivity index (χ4v) is 4.37. The van der Waals surface area contributed by atoms with E-state index in [1.807, 2.05) is 44.0 Å². The molecule has 0 aromatic carbocycles. The number of pyridine rings is 2. The molecule has 0 spiro atoms. The van der Waals surface area contributed by atoms with Gasteiger partial charge in [0.1, 0.15) is 11.9 Å². The Morgan fingerprint density at radius 2 is 1.85 bits per heavy atom. The summed E-state index contributed by atoms with van der Waals surface area (Å²) in [7, 11) is 1.88. The fraction of sp³-hybridized carbons (Fsp3) is 0.280. The Labute approximate surface area is 197 Å². The minimum Gasteiger partial charge on any atom is -0.387 e. The third kappa shape index (κ3) is 3.89. The van der Waals surface area contributed by atoms with Gasteiger partial charge in [-0.15, -0.1) is 0 Å². The van der Waals surface area contributed by atoms with Crippen LogP contribution in [0.2, 0.25) is 0 Å². The summed E-state index contributed by atoms with van der Waals surface area (Å²) in [5.41, 5.74) is 5.78. The Bertz CT molecular complexity index is 1380. The number of fused-ring (bicyclic) bond motifs is 1. The normalized spacial score (nSPS) is 14.9. The van der Waals surface area contributed by atoms with Crippen LogP contribution in [0.1, 0.15) is 12.5 Å². The number of hydrogen-bond acceptors (Lipinski definition) is 7. The molecule has 0 radical (unpaired) electrons. The standard InChI is InChI=1S/C25H26N8O/c1-17(18(2)34)31-6-8-32(9-7-31)24-5-4-19(12-27-24)23-10-20(22-14-28-30(3)15-22)16-33-25(23)21(11-26)13-29-33/h4-5,10,12-16,18,34H,1,6-9H2,2-3H3/t18-/m0/s1. The molecule has 1 N–H and O–H groups in total. The molecule has 0 bridgehead atoms. The largest absolute Gasteiger partial charge is 0.387 e. The van der Waals surface area contributed by atoms with E-state index in [1.165, 1.54) is 0 Å². The van der Waals surface area contributed by atoms with Gasteiger partial charge >= 0.3 is 0 Å². The molecule has 5 rings (SSSR count). The number of aromatic nitrogens is 5. The molecule has 34 heavy (non-hydrogen) atoms. The van der Waals surface area contributed by atoms with E-state index in [2.05, 4.69) is 38.7 Å². The van der Waals surface area contributed by atoms with E-state index in [4.69, 9.17) is 4.98 Å². The molecule has 1 saturated heterocycles. The molecule has 1 aliphatic heterocycles. The van der Waals surface area contributed by atoms with Crippen molar-refractivity contribution in [3.05, 3.63) is 67.0 Å². The predicted molar refractivity (Wildman–Crippen MR) is 130 cm³/mol. The Morgan fingerprint density at radius 1 is 1.06 bits per heavy atom. The van der Waals surface area contributed by atoms with E-state index >= 15 is 0 Å². The first-order valence-electron chi connectivity index (χ1n) is 11.2. The molecule has 0 saturated carbocycles. The molecule has 4 aromatic rings. The molecular formula is C25H26N8O. The summed E-state index contributed by atoms with van der Waals surface area (Å²) in [4.78, 5) is 9.10. The number of aliphatic hydroxyl groups excluding tert-OH is 1. The lowest BCUT2D eigenvalue weighted by atomic mass is 10.0. The van der Waals surface area contributed by atoms with E-state index in [0.29, 0.717) is 5.56 Å². The van der Waals surface area contributed by atoms with E-state index in [9.17, 15) is 10.4 Å². The molecule has 9 heteroatoms. The van der Waals surface area contributed by atoms with E-state index in [0.717, 1.165) is 65.5 Å². The predicted octanol–water partition coefficient (Wildman–Crippen LogP) is 2.68. The second-order valence-corrected chi connectivity index (χ2v) is 8.55. The van der Waals surface area contributed by atoms with Gasteiger partial charge in [-0.2, -0.15) is 15.5 Å². The summed E-state index contributed by atoms with van der Waals surface area (Å²) < 4.78 is 3.51. The Balaban J connectivity index is 1.46. The Kier molecular flexibility index (Phi) is 5.51. The number of aliphatic hydroxyl groups is 1. The first-order valence-corrected chi connectivity index (χ1v) is 11.2. The van der Waals surface area contributed by atoms with Crippen molar-refractivity contribution < 1.29 is 5.11 Å². The molecule has 0 unspecified atom stereocenters. The van der Waals surface area contributed by atoms with E-state index in [-0.39, 0.29) is 0 Å². The third-order valence-corrected chi connectivity index (χ3v) is 6.32. The third-order valence-electron chi connectivity index (χ3n) is 6.32. The molecule has 9 nitrogen and oxygen atoms in total. The summed E-state index contributed by atoms with van der Waals surface area (Å²) in [5, 5.41) is 28.1. The van der Waals surface area contributed by atoms with Gasteiger partial charge in [0, 0.05) is 79.8 Å². The maximum absolute atomic E-state index is 9.79. The highest BCUT2D eigenvalue weighted by Crippen LogP contribution is 2.32. The average Bonchev–Trinajstić information content (AvgIpc) is 3.49. The van der Waals surface area contributed by atoms with E-state index in [1.54, 1.807) is 22.3 Å². The first-order chi connectivity index (χ1) is 16.4. The highest BCUT2D eigenvalue weighted by molar-refractivity contribution is 5.87. The lowest BCUT2D eigenvalue weighted by Crippen LogP contribution is -2.47. The van der Waals surface area contributed by atoms with Gasteiger partial charge in [-0.05, 0) is 25.1 Å². The molecule has 1 atom stereocenters. The summed E-state index contributed by atoms with van der Waals surface area (Å²) in [6, 6.07) is 8.37. The number of rotatable bonds is 5. The van der Waals surface area contributed by atoms with Gasteiger partial charge in [-0.3, -0.25) is 4.68 Å². The van der Waals surface area contributed by atoms with Crippen molar-refractivity contribution in [1.82, 2.24) is 29.3 Å². The number of nitriles is 1. The summed E-state index contributed by atoms with van der Waals surface area (Å²) in [6.45, 7) is 8.93. The van der Waals surface area contributed by atoms with E-state index < -0.39 is 6.10 Å². The van der Waals surface area contributed by atoms with Crippen LogP contribution in [0.3, 0.4) is 0 Å². The maximum atomic E-state index is 9.79. The molecule has 172 valence electrons. The van der Waals surface area contributed by atoms with Crippen molar-refractivity contribution in [2.24, 2.45) is 7.05 Å². The first kappa shape index (κ1) is 21.7. The van der Waals surface area contributed by atoms with Crippen LogP contribution in [0.5, 0.6) is 0 Å².